The summed E-state index contributed by atoms with van der Waals surface area (Å²) in [6.45, 7) is 0. The number of fused-ring (bicyclic) bond motifs is 1. The van der Waals surface area contributed by atoms with Crippen LogP contribution in [0.15, 0.2) is 22.1 Å². The number of hydrogen-bond acceptors (Lipinski definition) is 5. The van der Waals surface area contributed by atoms with Crippen molar-refractivity contribution in [2.75, 3.05) is 0 Å². The van der Waals surface area contributed by atoms with Crippen LogP contribution in [0.1, 0.15) is 5.56 Å². The van der Waals surface area contributed by atoms with Gasteiger partial charge in [0.2, 0.25) is 0 Å². The average molecular weight is 276 g/mol. The number of nitro benzene ring substituents is 1. The molecule has 82 valence electrons. The van der Waals surface area contributed by atoms with E-state index in [4.69, 9.17) is 5.26 Å². The zero-order chi connectivity index (χ0) is 12.6. The molecule has 1 aromatic carbocycles. The van der Waals surface area contributed by atoms with Gasteiger partial charge in [0.1, 0.15) is 17.0 Å². The summed E-state index contributed by atoms with van der Waals surface area (Å²) in [5.74, 6) is -2.15. The van der Waals surface area contributed by atoms with Gasteiger partial charge in [0.15, 0.2) is 0 Å². The molecule has 0 spiro atoms. The van der Waals surface area contributed by atoms with Gasteiger partial charge in [-0.3, -0.25) is 19.7 Å². The summed E-state index contributed by atoms with van der Waals surface area (Å²) < 4.78 is 0. The van der Waals surface area contributed by atoms with E-state index in [-0.39, 0.29) is 75.4 Å². The van der Waals surface area contributed by atoms with Gasteiger partial charge in [0.25, 0.3) is 5.69 Å². The molecule has 19 heavy (non-hydrogen) atoms. The summed E-state index contributed by atoms with van der Waals surface area (Å²) in [5.41, 5.74) is -0.720. The van der Waals surface area contributed by atoms with Gasteiger partial charge in [-0.1, -0.05) is 0 Å². The molecule has 1 aliphatic heterocycles. The first-order chi connectivity index (χ1) is 8.02. The number of amides is 2. The molecule has 0 aromatic heterocycles. The zero-order valence-electron chi connectivity index (χ0n) is 10.1. The molecule has 2 rings (SSSR count). The second kappa shape index (κ2) is 7.00. The van der Waals surface area contributed by atoms with Crippen LogP contribution in [0, 0.1) is 21.4 Å². The van der Waals surface area contributed by atoms with E-state index < -0.39 is 22.4 Å². The molecule has 0 saturated carbocycles. The monoisotopic (exact) mass is 276 g/mol. The van der Waals surface area contributed by atoms with Crippen molar-refractivity contribution in [2.45, 2.75) is 0 Å². The fraction of sp³-hybridized carbons (Fsp3) is 0. The van der Waals surface area contributed by atoms with Crippen molar-refractivity contribution < 1.29 is 73.6 Å². The van der Waals surface area contributed by atoms with Crippen LogP contribution >= 0.6 is 0 Å². The van der Waals surface area contributed by atoms with Gasteiger partial charge in [-0.25, -0.2) is 9.98 Å². The molecular weight excluding hydrogens is 274 g/mol. The molecule has 0 N–H and O–H groups in total. The number of rotatable bonds is 1. The zero-order valence-corrected chi connectivity index (χ0v) is 14.1. The number of nitro groups is 1. The smallest absolute Gasteiger partial charge is 0.261 e. The van der Waals surface area contributed by atoms with E-state index in [2.05, 4.69) is 9.98 Å². The van der Waals surface area contributed by atoms with Crippen molar-refractivity contribution in [2.24, 2.45) is 9.98 Å². The normalized spacial score (nSPS) is 11.7. The maximum absolute atomic E-state index is 10.9. The molecule has 0 saturated heterocycles. The van der Waals surface area contributed by atoms with Crippen molar-refractivity contribution in [1.82, 2.24) is 0 Å². The quantitative estimate of drug-likeness (QED) is 0.218. The van der Waals surface area contributed by atoms with Crippen LogP contribution in [0.4, 0.5) is 5.69 Å². The van der Waals surface area contributed by atoms with Crippen molar-refractivity contribution >= 4 is 17.5 Å². The Morgan fingerprint density at radius 1 is 1.11 bits per heavy atom. The van der Waals surface area contributed by atoms with E-state index in [1.165, 1.54) is 0 Å². The number of benzene rings is 1. The third-order valence-corrected chi connectivity index (χ3v) is 2.04. The van der Waals surface area contributed by atoms with Crippen molar-refractivity contribution in [3.05, 3.63) is 38.5 Å². The molecule has 1 heterocycles. The van der Waals surface area contributed by atoms with Crippen LogP contribution in [0.5, 0.6) is 0 Å². The van der Waals surface area contributed by atoms with Gasteiger partial charge >= 0.3 is 70.9 Å². The maximum atomic E-state index is 10.9. The Bertz CT molecular complexity index is 738. The molecular formula is C9H2N4Na2O4+2. The third-order valence-electron chi connectivity index (χ3n) is 2.04. The molecule has 1 aromatic rings. The predicted molar refractivity (Wildman–Crippen MR) is 50.1 cm³/mol. The van der Waals surface area contributed by atoms with Crippen LogP contribution in [-0.2, 0) is 9.59 Å². The average Bonchev–Trinajstić information content (AvgIpc) is 2.29. The van der Waals surface area contributed by atoms with Gasteiger partial charge < -0.3 is 0 Å². The van der Waals surface area contributed by atoms with Crippen LogP contribution < -0.4 is 69.8 Å². The minimum atomic E-state index is -1.09. The molecule has 8 nitrogen and oxygen atoms in total. The Morgan fingerprint density at radius 2 is 1.58 bits per heavy atom. The van der Waals surface area contributed by atoms with Crippen molar-refractivity contribution in [1.29, 1.82) is 5.26 Å². The Kier molecular flexibility index (Phi) is 6.65. The topological polar surface area (TPSA) is 126 Å². The molecule has 2 amide bonds. The number of nitrogens with zero attached hydrogens (tertiary/aromatic N) is 4. The van der Waals surface area contributed by atoms with Gasteiger partial charge in [-0.2, -0.15) is 5.26 Å². The second-order valence-electron chi connectivity index (χ2n) is 3.06. The summed E-state index contributed by atoms with van der Waals surface area (Å²) in [6.07, 6.45) is 0. The minimum Gasteiger partial charge on any atom is -0.261 e. The molecule has 1 aliphatic rings. The van der Waals surface area contributed by atoms with E-state index in [1.54, 1.807) is 6.07 Å². The molecule has 0 atom stereocenters. The van der Waals surface area contributed by atoms with E-state index in [0.29, 0.717) is 0 Å². The Balaban J connectivity index is 0.00000162. The SMILES string of the molecule is N#Cc1cc2c(cc1[N+](=O)[O-])=NC(=O)C(=O)N=2.[Na+].[Na+]. The van der Waals surface area contributed by atoms with Gasteiger partial charge in [-0.05, 0) is 6.07 Å². The van der Waals surface area contributed by atoms with Gasteiger partial charge in [0.05, 0.1) is 10.3 Å². The first-order valence-electron chi connectivity index (χ1n) is 4.27. The number of hydrogen-bond donors (Lipinski definition) is 0. The molecule has 0 radical (unpaired) electrons. The van der Waals surface area contributed by atoms with Crippen LogP contribution in [0.3, 0.4) is 0 Å². The van der Waals surface area contributed by atoms with Crippen LogP contribution in [-0.4, -0.2) is 16.7 Å². The van der Waals surface area contributed by atoms with E-state index >= 15 is 0 Å². The summed E-state index contributed by atoms with van der Waals surface area (Å²) in [7, 11) is 0. The molecule has 0 bridgehead atoms. The fourth-order valence-corrected chi connectivity index (χ4v) is 1.30. The predicted octanol–water partition coefficient (Wildman–Crippen LogP) is -7.22. The number of carbonyl (C=O) groups excluding carboxylic acids is 2. The molecule has 10 heteroatoms. The summed E-state index contributed by atoms with van der Waals surface area (Å²) in [4.78, 5) is 38.5. The Hall–Kier alpha value is -0.950. The van der Waals surface area contributed by atoms with E-state index in [9.17, 15) is 19.7 Å². The summed E-state index contributed by atoms with van der Waals surface area (Å²) >= 11 is 0. The Labute approximate surface area is 150 Å². The summed E-state index contributed by atoms with van der Waals surface area (Å²) in [6, 6.07) is 3.62. The van der Waals surface area contributed by atoms with Gasteiger partial charge in [-0.15, -0.1) is 0 Å². The van der Waals surface area contributed by atoms with E-state index in [1.807, 2.05) is 0 Å². The first-order valence-corrected chi connectivity index (χ1v) is 4.27. The molecule has 0 fully saturated rings. The standard InChI is InChI=1S/C9H2N4O4.2Na/c10-3-4-1-5-6(2-7(4)13(16)17)12-9(15)8(14)11-5;;/h1-2H;;/q;2*+1. The van der Waals surface area contributed by atoms with E-state index in [0.717, 1.165) is 12.1 Å². The first kappa shape index (κ1) is 18.0. The maximum Gasteiger partial charge on any atom is 1.00 e. The molecule has 0 unspecified atom stereocenters. The second-order valence-corrected chi connectivity index (χ2v) is 3.06. The van der Waals surface area contributed by atoms with Crippen LogP contribution in [0.2, 0.25) is 0 Å². The van der Waals surface area contributed by atoms with Crippen molar-refractivity contribution in [3.8, 4) is 6.07 Å². The Morgan fingerprint density at radius 3 is 2.00 bits per heavy atom. The fourth-order valence-electron chi connectivity index (χ4n) is 1.30. The number of carbonyl (C=O) groups is 2. The number of nitriles is 1. The summed E-state index contributed by atoms with van der Waals surface area (Å²) in [5, 5.41) is 19.3. The van der Waals surface area contributed by atoms with Gasteiger partial charge in [0, 0.05) is 6.07 Å². The largest absolute Gasteiger partial charge is 1.00 e. The third kappa shape index (κ3) is 3.54. The van der Waals surface area contributed by atoms with Crippen molar-refractivity contribution in [3.63, 3.8) is 0 Å². The molecule has 0 aliphatic carbocycles. The van der Waals surface area contributed by atoms with Crippen LogP contribution in [0.25, 0.3) is 0 Å². The minimum absolute atomic E-state index is 0.